The number of carbonyl (C=O) groups is 1. The number of hydrogen-bond donors (Lipinski definition) is 0. The van der Waals surface area contributed by atoms with Crippen LogP contribution < -0.4 is 0 Å². The second kappa shape index (κ2) is 14.6. The van der Waals surface area contributed by atoms with E-state index < -0.39 is 17.6 Å². The van der Waals surface area contributed by atoms with Crippen LogP contribution in [-0.4, -0.2) is 84.2 Å². The van der Waals surface area contributed by atoms with Crippen molar-refractivity contribution in [2.45, 2.75) is 51.1 Å². The number of carbonyl (C=O) groups excluding carboxylic acids is 1. The summed E-state index contributed by atoms with van der Waals surface area (Å²) >= 11 is 0. The molecule has 0 aromatic carbocycles. The molecule has 0 N–H and O–H groups in total. The van der Waals surface area contributed by atoms with Crippen molar-refractivity contribution in [3.05, 3.63) is 0 Å². The molecular formula is C17H39NO7Si2. The number of amides is 1. The van der Waals surface area contributed by atoms with E-state index in [-0.39, 0.29) is 5.91 Å². The average Bonchev–Trinajstić information content (AvgIpc) is 2.71. The summed E-state index contributed by atoms with van der Waals surface area (Å²) in [4.78, 5) is 14.4. The Bertz CT molecular complexity index is 377. The van der Waals surface area contributed by atoms with Gasteiger partial charge in [-0.1, -0.05) is 6.42 Å². The highest BCUT2D eigenvalue weighted by Crippen LogP contribution is 2.18. The number of rotatable bonds is 17. The van der Waals surface area contributed by atoms with Crippen molar-refractivity contribution in [3.8, 4) is 0 Å². The summed E-state index contributed by atoms with van der Waals surface area (Å²) in [6, 6.07) is 1.42. The first-order valence-electron chi connectivity index (χ1n) is 9.50. The second-order valence-electron chi connectivity index (χ2n) is 6.23. The first-order chi connectivity index (χ1) is 12.9. The topological polar surface area (TPSA) is 75.7 Å². The Kier molecular flexibility index (Phi) is 14.4. The molecule has 0 rings (SSSR count). The van der Waals surface area contributed by atoms with Crippen LogP contribution in [-0.2, 0) is 31.4 Å². The zero-order chi connectivity index (χ0) is 20.8. The molecule has 0 saturated carbocycles. The minimum Gasteiger partial charge on any atom is -0.377 e. The van der Waals surface area contributed by atoms with E-state index in [1.165, 1.54) is 0 Å². The molecule has 0 aliphatic heterocycles. The third-order valence-corrected chi connectivity index (χ3v) is 10.5. The largest absolute Gasteiger partial charge is 0.500 e. The van der Waals surface area contributed by atoms with Crippen LogP contribution in [0.1, 0.15) is 39.0 Å². The Hall–Kier alpha value is -0.336. The van der Waals surface area contributed by atoms with Gasteiger partial charge in [0, 0.05) is 74.3 Å². The summed E-state index contributed by atoms with van der Waals surface area (Å²) in [5.41, 5.74) is 0. The lowest BCUT2D eigenvalue weighted by Gasteiger charge is -2.25. The fourth-order valence-corrected chi connectivity index (χ4v) is 6.52. The van der Waals surface area contributed by atoms with E-state index in [1.807, 2.05) is 11.8 Å². The fourth-order valence-electron chi connectivity index (χ4n) is 3.01. The van der Waals surface area contributed by atoms with E-state index in [9.17, 15) is 4.79 Å². The minimum absolute atomic E-state index is 0.165. The van der Waals surface area contributed by atoms with Gasteiger partial charge < -0.3 is 31.5 Å². The molecule has 10 heteroatoms. The smallest absolute Gasteiger partial charge is 0.377 e. The molecule has 0 aliphatic rings. The summed E-state index contributed by atoms with van der Waals surface area (Å²) in [6.45, 7) is 3.49. The van der Waals surface area contributed by atoms with Crippen molar-refractivity contribution in [2.75, 3.05) is 55.7 Å². The minimum atomic E-state index is -2.60. The molecule has 0 spiro atoms. The van der Waals surface area contributed by atoms with Crippen LogP contribution >= 0.6 is 0 Å². The summed E-state index contributed by atoms with van der Waals surface area (Å²) < 4.78 is 32.5. The van der Waals surface area contributed by atoms with Gasteiger partial charge in [-0.3, -0.25) is 4.79 Å². The molecular weight excluding hydrogens is 386 g/mol. The highest BCUT2D eigenvalue weighted by atomic mass is 28.4. The van der Waals surface area contributed by atoms with E-state index in [0.29, 0.717) is 25.4 Å². The van der Waals surface area contributed by atoms with Crippen molar-refractivity contribution in [1.82, 2.24) is 4.90 Å². The van der Waals surface area contributed by atoms with Crippen molar-refractivity contribution in [2.24, 2.45) is 0 Å². The van der Waals surface area contributed by atoms with Crippen LogP contribution in [0.25, 0.3) is 0 Å². The quantitative estimate of drug-likeness (QED) is 0.262. The first-order valence-corrected chi connectivity index (χ1v) is 13.4. The molecule has 0 aromatic rings. The molecule has 0 aliphatic carbocycles. The average molecular weight is 426 g/mol. The molecule has 0 bridgehead atoms. The Morgan fingerprint density at radius 1 is 0.704 bits per heavy atom. The van der Waals surface area contributed by atoms with Gasteiger partial charge in [0.05, 0.1) is 0 Å². The third kappa shape index (κ3) is 9.13. The Morgan fingerprint density at radius 3 is 1.56 bits per heavy atom. The van der Waals surface area contributed by atoms with Crippen molar-refractivity contribution in [1.29, 1.82) is 0 Å². The normalized spacial score (nSPS) is 12.4. The van der Waals surface area contributed by atoms with E-state index in [0.717, 1.165) is 31.9 Å². The van der Waals surface area contributed by atoms with Crippen LogP contribution in [0.5, 0.6) is 0 Å². The number of unbranched alkanes of at least 4 members (excludes halogenated alkanes) is 2. The molecule has 0 radical (unpaired) electrons. The molecule has 0 atom stereocenters. The van der Waals surface area contributed by atoms with Crippen LogP contribution in [0.4, 0.5) is 0 Å². The number of nitrogens with zero attached hydrogens (tertiary/aromatic N) is 1. The van der Waals surface area contributed by atoms with Gasteiger partial charge in [0.2, 0.25) is 5.91 Å². The zero-order valence-electron chi connectivity index (χ0n) is 18.2. The summed E-state index contributed by atoms with van der Waals surface area (Å²) in [7, 11) is 4.58. The Balaban J connectivity index is 4.20. The summed E-state index contributed by atoms with van der Waals surface area (Å²) in [5.74, 6) is 0.165. The zero-order valence-corrected chi connectivity index (χ0v) is 20.2. The number of hydrogen-bond acceptors (Lipinski definition) is 7. The van der Waals surface area contributed by atoms with Crippen LogP contribution in [0.3, 0.4) is 0 Å². The van der Waals surface area contributed by atoms with Crippen molar-refractivity contribution in [3.63, 3.8) is 0 Å². The van der Waals surface area contributed by atoms with Gasteiger partial charge >= 0.3 is 17.6 Å². The predicted octanol–water partition coefficient (Wildman–Crippen LogP) is 2.54. The Labute approximate surface area is 167 Å². The molecule has 0 heterocycles. The second-order valence-corrected chi connectivity index (χ2v) is 12.4. The molecule has 0 saturated heterocycles. The van der Waals surface area contributed by atoms with E-state index in [2.05, 4.69) is 0 Å². The highest BCUT2D eigenvalue weighted by Gasteiger charge is 2.37. The molecule has 162 valence electrons. The van der Waals surface area contributed by atoms with Crippen LogP contribution in [0.15, 0.2) is 0 Å². The Morgan fingerprint density at radius 2 is 1.15 bits per heavy atom. The van der Waals surface area contributed by atoms with E-state index in [1.54, 1.807) is 42.7 Å². The van der Waals surface area contributed by atoms with Gasteiger partial charge in [0.1, 0.15) is 0 Å². The predicted molar refractivity (Wildman–Crippen MR) is 109 cm³/mol. The SMILES string of the molecule is CCN(CCCCC[Si](OC)(OC)OC)C(=O)CCC[Si](OC)(OC)OC. The molecule has 27 heavy (non-hydrogen) atoms. The van der Waals surface area contributed by atoms with Crippen LogP contribution in [0, 0.1) is 0 Å². The van der Waals surface area contributed by atoms with Gasteiger partial charge in [0.25, 0.3) is 0 Å². The van der Waals surface area contributed by atoms with Gasteiger partial charge in [-0.15, -0.1) is 0 Å². The molecule has 0 aromatic heterocycles. The maximum Gasteiger partial charge on any atom is 0.500 e. The maximum atomic E-state index is 12.5. The molecule has 8 nitrogen and oxygen atoms in total. The highest BCUT2D eigenvalue weighted by molar-refractivity contribution is 6.60. The molecule has 1 amide bonds. The van der Waals surface area contributed by atoms with E-state index in [4.69, 9.17) is 26.6 Å². The van der Waals surface area contributed by atoms with Gasteiger partial charge in [0.15, 0.2) is 0 Å². The molecule has 0 unspecified atom stereocenters. The first kappa shape index (κ1) is 26.7. The van der Waals surface area contributed by atoms with Crippen LogP contribution in [0.2, 0.25) is 12.1 Å². The molecule has 0 fully saturated rings. The van der Waals surface area contributed by atoms with Crippen molar-refractivity contribution < 1.29 is 31.4 Å². The summed E-state index contributed by atoms with van der Waals surface area (Å²) in [5, 5.41) is 0. The van der Waals surface area contributed by atoms with Crippen molar-refractivity contribution >= 4 is 23.5 Å². The van der Waals surface area contributed by atoms with E-state index >= 15 is 0 Å². The van der Waals surface area contributed by atoms with Gasteiger partial charge in [-0.05, 0) is 26.2 Å². The lowest BCUT2D eigenvalue weighted by molar-refractivity contribution is -0.131. The standard InChI is InChI=1S/C17H39NO7Si2/c1-8-18(14-10-9-11-15-26(20-2,21-3)22-4)17(19)13-12-16-27(23-5,24-6)25-7/h8-16H2,1-7H3. The van der Waals surface area contributed by atoms with Gasteiger partial charge in [-0.25, -0.2) is 0 Å². The fraction of sp³-hybridized carbons (Fsp3) is 0.941. The lowest BCUT2D eigenvalue weighted by atomic mass is 10.2. The monoisotopic (exact) mass is 425 g/mol. The summed E-state index contributed by atoms with van der Waals surface area (Å²) in [6.07, 6.45) is 4.08. The lowest BCUT2D eigenvalue weighted by Crippen LogP contribution is -2.43. The maximum absolute atomic E-state index is 12.5. The third-order valence-electron chi connectivity index (χ3n) is 4.89. The van der Waals surface area contributed by atoms with Gasteiger partial charge in [-0.2, -0.15) is 0 Å².